The lowest BCUT2D eigenvalue weighted by atomic mass is 9.76. The van der Waals surface area contributed by atoms with Crippen molar-refractivity contribution in [2.45, 2.75) is 19.3 Å². The molecular weight excluding hydrogens is 214 g/mol. The molecule has 3 nitrogen and oxygen atoms in total. The van der Waals surface area contributed by atoms with Crippen molar-refractivity contribution in [3.05, 3.63) is 24.3 Å². The summed E-state index contributed by atoms with van der Waals surface area (Å²) in [7, 11) is 1.66. The van der Waals surface area contributed by atoms with Gasteiger partial charge in [0.25, 0.3) is 0 Å². The topological polar surface area (TPSA) is 44.5 Å². The molecule has 1 saturated carbocycles. The van der Waals surface area contributed by atoms with Crippen LogP contribution in [0.1, 0.15) is 19.3 Å². The van der Waals surface area contributed by atoms with Gasteiger partial charge in [0, 0.05) is 5.92 Å². The third-order valence-electron chi connectivity index (χ3n) is 3.64. The monoisotopic (exact) mass is 235 g/mol. The number of ether oxygens (including phenoxy) is 2. The van der Waals surface area contributed by atoms with Crippen LogP contribution in [0.3, 0.4) is 0 Å². The van der Waals surface area contributed by atoms with Crippen molar-refractivity contribution in [1.82, 2.24) is 0 Å². The van der Waals surface area contributed by atoms with Crippen molar-refractivity contribution < 1.29 is 9.47 Å². The number of hydrogen-bond acceptors (Lipinski definition) is 3. The Hall–Kier alpha value is -1.22. The lowest BCUT2D eigenvalue weighted by Crippen LogP contribution is -2.32. The molecule has 1 aromatic carbocycles. The lowest BCUT2D eigenvalue weighted by Gasteiger charge is -2.32. The highest BCUT2D eigenvalue weighted by Gasteiger charge is 2.26. The van der Waals surface area contributed by atoms with E-state index in [1.165, 1.54) is 19.3 Å². The quantitative estimate of drug-likeness (QED) is 0.823. The van der Waals surface area contributed by atoms with Crippen LogP contribution in [0.5, 0.6) is 11.5 Å². The molecule has 0 spiro atoms. The van der Waals surface area contributed by atoms with Crippen LogP contribution in [-0.4, -0.2) is 20.3 Å². The Kier molecular flexibility index (Phi) is 4.26. The van der Waals surface area contributed by atoms with Crippen LogP contribution in [0.15, 0.2) is 24.3 Å². The molecule has 17 heavy (non-hydrogen) atoms. The second kappa shape index (κ2) is 5.92. The number of hydrogen-bond donors (Lipinski definition) is 1. The second-order valence-corrected chi connectivity index (χ2v) is 4.67. The van der Waals surface area contributed by atoms with Gasteiger partial charge in [0.2, 0.25) is 0 Å². The maximum absolute atomic E-state index is 5.79. The highest BCUT2D eigenvalue weighted by atomic mass is 16.5. The summed E-state index contributed by atoms with van der Waals surface area (Å²) in [6, 6.07) is 7.70. The van der Waals surface area contributed by atoms with Gasteiger partial charge in [0.1, 0.15) is 11.5 Å². The normalized spacial score (nSPS) is 17.3. The molecule has 0 saturated heterocycles. The first-order chi connectivity index (χ1) is 8.33. The largest absolute Gasteiger partial charge is 0.497 e. The zero-order chi connectivity index (χ0) is 12.1. The average Bonchev–Trinajstić information content (AvgIpc) is 2.32. The Morgan fingerprint density at radius 3 is 2.35 bits per heavy atom. The Morgan fingerprint density at radius 1 is 1.24 bits per heavy atom. The molecule has 0 bridgehead atoms. The van der Waals surface area contributed by atoms with Crippen LogP contribution in [-0.2, 0) is 0 Å². The van der Waals surface area contributed by atoms with Gasteiger partial charge in [-0.05, 0) is 49.6 Å². The third-order valence-corrected chi connectivity index (χ3v) is 3.64. The van der Waals surface area contributed by atoms with E-state index in [2.05, 4.69) is 0 Å². The summed E-state index contributed by atoms with van der Waals surface area (Å²) in [6.07, 6.45) is 3.98. The predicted octanol–water partition coefficient (Wildman–Crippen LogP) is 2.45. The van der Waals surface area contributed by atoms with Gasteiger partial charge in [0.15, 0.2) is 0 Å². The minimum atomic E-state index is 0.505. The van der Waals surface area contributed by atoms with Crippen molar-refractivity contribution in [3.63, 3.8) is 0 Å². The number of rotatable bonds is 6. The van der Waals surface area contributed by atoms with E-state index in [1.807, 2.05) is 24.3 Å². The van der Waals surface area contributed by atoms with Gasteiger partial charge in [-0.25, -0.2) is 0 Å². The fourth-order valence-electron chi connectivity index (χ4n) is 2.18. The van der Waals surface area contributed by atoms with Crippen LogP contribution in [0.2, 0.25) is 0 Å². The fourth-order valence-corrected chi connectivity index (χ4v) is 2.18. The molecule has 2 N–H and O–H groups in total. The second-order valence-electron chi connectivity index (χ2n) is 4.67. The average molecular weight is 235 g/mol. The van der Waals surface area contributed by atoms with Crippen LogP contribution in [0, 0.1) is 11.8 Å². The van der Waals surface area contributed by atoms with Gasteiger partial charge in [-0.1, -0.05) is 6.42 Å². The molecule has 1 fully saturated rings. The summed E-state index contributed by atoms with van der Waals surface area (Å²) in [6.45, 7) is 1.45. The summed E-state index contributed by atoms with van der Waals surface area (Å²) in [4.78, 5) is 0. The summed E-state index contributed by atoms with van der Waals surface area (Å²) < 4.78 is 10.9. The first-order valence-electron chi connectivity index (χ1n) is 6.30. The van der Waals surface area contributed by atoms with Crippen LogP contribution in [0.25, 0.3) is 0 Å². The highest BCUT2D eigenvalue weighted by Crippen LogP contribution is 2.33. The molecule has 94 valence electrons. The molecule has 1 atom stereocenters. The van der Waals surface area contributed by atoms with Gasteiger partial charge in [0.05, 0.1) is 13.7 Å². The number of methoxy groups -OCH3 is 1. The van der Waals surface area contributed by atoms with Crippen LogP contribution in [0.4, 0.5) is 0 Å². The Labute approximate surface area is 103 Å². The molecule has 1 unspecified atom stereocenters. The van der Waals surface area contributed by atoms with Crippen LogP contribution < -0.4 is 15.2 Å². The maximum Gasteiger partial charge on any atom is 0.119 e. The van der Waals surface area contributed by atoms with E-state index in [-0.39, 0.29) is 0 Å². The molecule has 2 rings (SSSR count). The van der Waals surface area contributed by atoms with E-state index in [4.69, 9.17) is 15.2 Å². The third kappa shape index (κ3) is 3.13. The molecule has 0 heterocycles. The first-order valence-corrected chi connectivity index (χ1v) is 6.30. The lowest BCUT2D eigenvalue weighted by molar-refractivity contribution is 0.142. The van der Waals surface area contributed by atoms with E-state index in [9.17, 15) is 0 Å². The van der Waals surface area contributed by atoms with Crippen molar-refractivity contribution >= 4 is 0 Å². The molecule has 1 aliphatic carbocycles. The number of benzene rings is 1. The van der Waals surface area contributed by atoms with Crippen LogP contribution >= 0.6 is 0 Å². The SMILES string of the molecule is COc1ccc(OCC(CN)C2CCC2)cc1. The van der Waals surface area contributed by atoms with Gasteiger partial charge in [-0.3, -0.25) is 0 Å². The molecule has 1 aromatic rings. The Balaban J connectivity index is 1.82. The van der Waals surface area contributed by atoms with E-state index in [0.29, 0.717) is 5.92 Å². The summed E-state index contributed by atoms with van der Waals surface area (Å²) in [5, 5.41) is 0. The highest BCUT2D eigenvalue weighted by molar-refractivity contribution is 5.31. The maximum atomic E-state index is 5.79. The van der Waals surface area contributed by atoms with E-state index >= 15 is 0 Å². The standard InChI is InChI=1S/C14H21NO2/c1-16-13-5-7-14(8-6-13)17-10-12(9-15)11-3-2-4-11/h5-8,11-12H,2-4,9-10,15H2,1H3. The Morgan fingerprint density at radius 2 is 1.88 bits per heavy atom. The molecule has 0 amide bonds. The van der Waals surface area contributed by atoms with Gasteiger partial charge < -0.3 is 15.2 Å². The zero-order valence-corrected chi connectivity index (χ0v) is 10.4. The van der Waals surface area contributed by atoms with Gasteiger partial charge in [-0.2, -0.15) is 0 Å². The Bertz CT molecular complexity index is 333. The predicted molar refractivity (Wildman–Crippen MR) is 68.4 cm³/mol. The van der Waals surface area contributed by atoms with Crippen molar-refractivity contribution in [2.75, 3.05) is 20.3 Å². The van der Waals surface area contributed by atoms with Crippen molar-refractivity contribution in [2.24, 2.45) is 17.6 Å². The van der Waals surface area contributed by atoms with Gasteiger partial charge >= 0.3 is 0 Å². The summed E-state index contributed by atoms with van der Waals surface area (Å²) in [5.74, 6) is 3.03. The molecule has 1 aliphatic rings. The first kappa shape index (κ1) is 12.2. The molecular formula is C14H21NO2. The van der Waals surface area contributed by atoms with Crippen molar-refractivity contribution in [3.8, 4) is 11.5 Å². The minimum Gasteiger partial charge on any atom is -0.497 e. The number of nitrogens with two attached hydrogens (primary N) is 1. The summed E-state index contributed by atoms with van der Waals surface area (Å²) in [5.41, 5.74) is 5.79. The minimum absolute atomic E-state index is 0.505. The van der Waals surface area contributed by atoms with E-state index in [0.717, 1.165) is 30.6 Å². The van der Waals surface area contributed by atoms with E-state index < -0.39 is 0 Å². The van der Waals surface area contributed by atoms with Gasteiger partial charge in [-0.15, -0.1) is 0 Å². The van der Waals surface area contributed by atoms with E-state index in [1.54, 1.807) is 7.11 Å². The fraction of sp³-hybridized carbons (Fsp3) is 0.571. The molecule has 0 aromatic heterocycles. The summed E-state index contributed by atoms with van der Waals surface area (Å²) >= 11 is 0. The molecule has 0 aliphatic heterocycles. The smallest absolute Gasteiger partial charge is 0.119 e. The molecule has 3 heteroatoms. The zero-order valence-electron chi connectivity index (χ0n) is 10.4. The van der Waals surface area contributed by atoms with Crippen molar-refractivity contribution in [1.29, 1.82) is 0 Å². The molecule has 0 radical (unpaired) electrons.